The summed E-state index contributed by atoms with van der Waals surface area (Å²) in [5, 5.41) is 9.81. The Hall–Kier alpha value is -3.44. The first kappa shape index (κ1) is 20.3. The number of anilines is 1. The summed E-state index contributed by atoms with van der Waals surface area (Å²) >= 11 is 1.35. The van der Waals surface area contributed by atoms with Gasteiger partial charge in [-0.1, -0.05) is 36.0 Å². The maximum absolute atomic E-state index is 13.5. The number of benzene rings is 2. The Labute approximate surface area is 171 Å². The first-order valence-corrected chi connectivity index (χ1v) is 9.59. The van der Waals surface area contributed by atoms with Crippen LogP contribution >= 0.6 is 11.8 Å². The van der Waals surface area contributed by atoms with Crippen LogP contribution in [0, 0.1) is 17.1 Å². The molecule has 2 aromatic carbocycles. The quantitative estimate of drug-likeness (QED) is 0.376. The molecule has 0 radical (unpaired) electrons. The van der Waals surface area contributed by atoms with Gasteiger partial charge >= 0.3 is 5.97 Å². The average Bonchev–Trinajstić information content (AvgIpc) is 2.72. The van der Waals surface area contributed by atoms with Gasteiger partial charge in [0.15, 0.2) is 5.16 Å². The van der Waals surface area contributed by atoms with Crippen LogP contribution in [-0.2, 0) is 16.9 Å². The molecule has 2 N–H and O–H groups in total. The van der Waals surface area contributed by atoms with Crippen molar-refractivity contribution in [3.8, 4) is 6.07 Å². The molecule has 0 saturated heterocycles. The minimum atomic E-state index is -0.394. The van der Waals surface area contributed by atoms with Crippen LogP contribution in [0.3, 0.4) is 0 Å². The van der Waals surface area contributed by atoms with E-state index in [-0.39, 0.29) is 23.6 Å². The molecular formula is C21H17FN4O2S. The molecule has 0 amide bonds. The number of nitrogens with two attached hydrogens (primary N) is 1. The van der Waals surface area contributed by atoms with E-state index in [1.54, 1.807) is 24.3 Å². The number of carbonyl (C=O) groups excluding carboxylic acids is 1. The van der Waals surface area contributed by atoms with E-state index in [1.165, 1.54) is 31.0 Å². The minimum Gasteiger partial charge on any atom is -0.465 e. The highest BCUT2D eigenvalue weighted by Gasteiger charge is 2.14. The maximum Gasteiger partial charge on any atom is 0.337 e. The van der Waals surface area contributed by atoms with E-state index in [2.05, 4.69) is 14.7 Å². The van der Waals surface area contributed by atoms with Gasteiger partial charge in [-0.25, -0.2) is 19.2 Å². The number of nitriles is 1. The van der Waals surface area contributed by atoms with Crippen LogP contribution in [0.25, 0.3) is 0 Å². The molecule has 29 heavy (non-hydrogen) atoms. The molecule has 0 atom stereocenters. The Morgan fingerprint density at radius 1 is 1.21 bits per heavy atom. The summed E-state index contributed by atoms with van der Waals surface area (Å²) in [5.74, 6) is -0.105. The van der Waals surface area contributed by atoms with Crippen molar-refractivity contribution in [1.82, 2.24) is 9.97 Å². The van der Waals surface area contributed by atoms with Crippen LogP contribution in [-0.4, -0.2) is 23.0 Å². The zero-order valence-corrected chi connectivity index (χ0v) is 16.4. The van der Waals surface area contributed by atoms with Gasteiger partial charge in [-0.3, -0.25) is 0 Å². The van der Waals surface area contributed by atoms with Crippen molar-refractivity contribution < 1.29 is 13.9 Å². The molecule has 8 heteroatoms. The Morgan fingerprint density at radius 2 is 1.97 bits per heavy atom. The van der Waals surface area contributed by atoms with Gasteiger partial charge < -0.3 is 10.5 Å². The third kappa shape index (κ3) is 5.09. The van der Waals surface area contributed by atoms with Gasteiger partial charge in [0.2, 0.25) is 0 Å². The van der Waals surface area contributed by atoms with Gasteiger partial charge in [-0.15, -0.1) is 0 Å². The number of nitrogen functional groups attached to an aromatic ring is 1. The lowest BCUT2D eigenvalue weighted by atomic mass is 10.1. The number of esters is 1. The van der Waals surface area contributed by atoms with Crippen LogP contribution in [0.5, 0.6) is 0 Å². The third-order valence-corrected chi connectivity index (χ3v) is 5.03. The molecule has 3 rings (SSSR count). The molecule has 0 aliphatic carbocycles. The molecule has 146 valence electrons. The standard InChI is InChI=1S/C21H17FN4O2S/c1-28-20(27)15-7-5-13(6-8-15)12-29-21-25-18(17(11-23)19(24)26-21)10-14-3-2-4-16(22)9-14/h2-9H,10,12H2,1H3,(H2,24,25,26). The smallest absolute Gasteiger partial charge is 0.337 e. The largest absolute Gasteiger partial charge is 0.465 e. The number of halogens is 1. The topological polar surface area (TPSA) is 102 Å². The number of methoxy groups -OCH3 is 1. The van der Waals surface area contributed by atoms with Crippen molar-refractivity contribution in [2.75, 3.05) is 12.8 Å². The molecule has 1 heterocycles. The lowest BCUT2D eigenvalue weighted by Gasteiger charge is -2.09. The van der Waals surface area contributed by atoms with Crippen LogP contribution in [0.15, 0.2) is 53.7 Å². The van der Waals surface area contributed by atoms with E-state index < -0.39 is 5.97 Å². The van der Waals surface area contributed by atoms with Crippen LogP contribution in [0.4, 0.5) is 10.2 Å². The molecule has 0 bridgehead atoms. The van der Waals surface area contributed by atoms with Crippen LogP contribution in [0.1, 0.15) is 32.7 Å². The second-order valence-corrected chi connectivity index (χ2v) is 7.05. The normalized spacial score (nSPS) is 10.4. The summed E-state index contributed by atoms with van der Waals surface area (Å²) in [6, 6.07) is 15.2. The number of hydrogen-bond donors (Lipinski definition) is 1. The number of ether oxygens (including phenoxy) is 1. The highest BCUT2D eigenvalue weighted by molar-refractivity contribution is 7.98. The lowest BCUT2D eigenvalue weighted by Crippen LogP contribution is -2.06. The second kappa shape index (κ2) is 9.17. The van der Waals surface area contributed by atoms with Gasteiger partial charge in [0.1, 0.15) is 23.3 Å². The first-order valence-electron chi connectivity index (χ1n) is 8.61. The van der Waals surface area contributed by atoms with E-state index in [9.17, 15) is 14.4 Å². The number of hydrogen-bond acceptors (Lipinski definition) is 7. The highest BCUT2D eigenvalue weighted by Crippen LogP contribution is 2.24. The molecule has 3 aromatic rings. The molecule has 0 saturated carbocycles. The molecule has 0 aliphatic heterocycles. The molecule has 6 nitrogen and oxygen atoms in total. The summed E-state index contributed by atoms with van der Waals surface area (Å²) in [7, 11) is 1.33. The van der Waals surface area contributed by atoms with Crippen molar-refractivity contribution in [2.45, 2.75) is 17.3 Å². The van der Waals surface area contributed by atoms with E-state index in [1.807, 2.05) is 18.2 Å². The predicted octanol–water partition coefficient (Wildman–Crippen LogP) is 3.74. The summed E-state index contributed by atoms with van der Waals surface area (Å²) < 4.78 is 18.1. The zero-order chi connectivity index (χ0) is 20.8. The number of thioether (sulfide) groups is 1. The molecule has 0 aliphatic rings. The Kier molecular flexibility index (Phi) is 6.42. The number of carbonyl (C=O) groups is 1. The van der Waals surface area contributed by atoms with E-state index in [0.29, 0.717) is 27.7 Å². The van der Waals surface area contributed by atoms with Gasteiger partial charge in [0, 0.05) is 12.2 Å². The Bertz CT molecular complexity index is 1080. The van der Waals surface area contributed by atoms with Crippen molar-refractivity contribution in [2.24, 2.45) is 0 Å². The molecule has 0 fully saturated rings. The number of rotatable bonds is 6. The molecule has 1 aromatic heterocycles. The Morgan fingerprint density at radius 3 is 2.62 bits per heavy atom. The summed E-state index contributed by atoms with van der Waals surface area (Å²) in [4.78, 5) is 20.2. The van der Waals surface area contributed by atoms with Gasteiger partial charge in [-0.2, -0.15) is 5.26 Å². The molecule has 0 spiro atoms. The summed E-state index contributed by atoms with van der Waals surface area (Å²) in [6.45, 7) is 0. The average molecular weight is 408 g/mol. The summed E-state index contributed by atoms with van der Waals surface area (Å²) in [5.41, 5.74) is 8.71. The molecular weight excluding hydrogens is 391 g/mol. The van der Waals surface area contributed by atoms with Crippen molar-refractivity contribution in [3.05, 3.63) is 82.3 Å². The highest BCUT2D eigenvalue weighted by atomic mass is 32.2. The van der Waals surface area contributed by atoms with Crippen LogP contribution in [0.2, 0.25) is 0 Å². The minimum absolute atomic E-state index is 0.0949. The second-order valence-electron chi connectivity index (χ2n) is 6.11. The van der Waals surface area contributed by atoms with Crippen LogP contribution < -0.4 is 5.73 Å². The van der Waals surface area contributed by atoms with E-state index >= 15 is 0 Å². The predicted molar refractivity (Wildman–Crippen MR) is 108 cm³/mol. The van der Waals surface area contributed by atoms with Gasteiger partial charge in [0.25, 0.3) is 0 Å². The number of nitrogens with zero attached hydrogens (tertiary/aromatic N) is 3. The fraction of sp³-hybridized carbons (Fsp3) is 0.143. The fourth-order valence-corrected chi connectivity index (χ4v) is 3.49. The molecule has 0 unspecified atom stereocenters. The summed E-state index contributed by atoms with van der Waals surface area (Å²) in [6.07, 6.45) is 0.273. The number of aromatic nitrogens is 2. The van der Waals surface area contributed by atoms with Crippen molar-refractivity contribution in [1.29, 1.82) is 5.26 Å². The fourth-order valence-electron chi connectivity index (χ4n) is 2.66. The lowest BCUT2D eigenvalue weighted by molar-refractivity contribution is 0.0600. The zero-order valence-electron chi connectivity index (χ0n) is 15.6. The van der Waals surface area contributed by atoms with E-state index in [4.69, 9.17) is 5.73 Å². The maximum atomic E-state index is 13.5. The Balaban J connectivity index is 1.78. The van der Waals surface area contributed by atoms with Crippen molar-refractivity contribution in [3.63, 3.8) is 0 Å². The van der Waals surface area contributed by atoms with E-state index in [0.717, 1.165) is 5.56 Å². The van der Waals surface area contributed by atoms with Gasteiger partial charge in [0.05, 0.1) is 18.4 Å². The SMILES string of the molecule is COC(=O)c1ccc(CSc2nc(N)c(C#N)c(Cc3cccc(F)c3)n2)cc1. The first-order chi connectivity index (χ1) is 14.0. The van der Waals surface area contributed by atoms with Crippen molar-refractivity contribution >= 4 is 23.5 Å². The monoisotopic (exact) mass is 408 g/mol. The third-order valence-electron chi connectivity index (χ3n) is 4.11. The van der Waals surface area contributed by atoms with Gasteiger partial charge in [-0.05, 0) is 35.4 Å².